The highest BCUT2D eigenvalue weighted by Gasteiger charge is 2.11. The number of hydrogen-bond donors (Lipinski definition) is 2. The van der Waals surface area contributed by atoms with E-state index in [0.29, 0.717) is 18.3 Å². The van der Waals surface area contributed by atoms with Crippen molar-refractivity contribution in [2.45, 2.75) is 0 Å². The molecule has 0 aromatic carbocycles. The van der Waals surface area contributed by atoms with E-state index in [1.165, 1.54) is 4.90 Å². The van der Waals surface area contributed by atoms with Crippen LogP contribution in [0.3, 0.4) is 0 Å². The molecule has 66 valence electrons. The zero-order chi connectivity index (χ0) is 9.10. The Morgan fingerprint density at radius 2 is 1.69 bits per heavy atom. The van der Waals surface area contributed by atoms with Crippen LogP contribution in [0, 0.1) is 0 Å². The molecular formula is C7H7N5O. The van der Waals surface area contributed by atoms with Gasteiger partial charge in [0.15, 0.2) is 0 Å². The molecule has 2 N–H and O–H groups in total. The molecule has 0 saturated carbocycles. The van der Waals surface area contributed by atoms with E-state index in [9.17, 15) is 4.79 Å². The Kier molecular flexibility index (Phi) is 1.79. The summed E-state index contributed by atoms with van der Waals surface area (Å²) in [7, 11) is 0. The van der Waals surface area contributed by atoms with Gasteiger partial charge in [0, 0.05) is 24.8 Å². The molecule has 6 nitrogen and oxygen atoms in total. The quantitative estimate of drug-likeness (QED) is 0.667. The number of nitrogens with zero attached hydrogens (tertiary/aromatic N) is 3. The molecule has 2 heterocycles. The molecule has 1 amide bonds. The van der Waals surface area contributed by atoms with E-state index in [4.69, 9.17) is 0 Å². The lowest BCUT2D eigenvalue weighted by Crippen LogP contribution is -2.16. The maximum atomic E-state index is 10.7. The number of imidazole rings is 2. The van der Waals surface area contributed by atoms with Crippen LogP contribution in [-0.4, -0.2) is 26.3 Å². The lowest BCUT2D eigenvalue weighted by atomic mass is 10.7. The van der Waals surface area contributed by atoms with Crippen molar-refractivity contribution in [2.75, 3.05) is 4.90 Å². The number of nitrogens with one attached hydrogen (secondary N) is 2. The molecule has 2 aromatic heterocycles. The molecule has 0 fully saturated rings. The highest BCUT2D eigenvalue weighted by Crippen LogP contribution is 2.13. The number of hydrogen-bond acceptors (Lipinski definition) is 3. The predicted molar refractivity (Wildman–Crippen MR) is 45.4 cm³/mol. The Morgan fingerprint density at radius 1 is 1.15 bits per heavy atom. The van der Waals surface area contributed by atoms with E-state index in [1.54, 1.807) is 24.8 Å². The van der Waals surface area contributed by atoms with Crippen molar-refractivity contribution in [1.82, 2.24) is 19.9 Å². The molecule has 0 aliphatic rings. The number of aromatic amines is 2. The molecular weight excluding hydrogens is 170 g/mol. The van der Waals surface area contributed by atoms with Crippen molar-refractivity contribution >= 4 is 18.3 Å². The molecule has 0 bridgehead atoms. The lowest BCUT2D eigenvalue weighted by Gasteiger charge is -2.08. The number of rotatable bonds is 3. The van der Waals surface area contributed by atoms with E-state index >= 15 is 0 Å². The number of carbonyl (C=O) groups excluding carboxylic acids is 1. The predicted octanol–water partition coefficient (Wildman–Crippen LogP) is 0.427. The lowest BCUT2D eigenvalue weighted by molar-refractivity contribution is -0.106. The molecule has 0 spiro atoms. The second kappa shape index (κ2) is 3.10. The van der Waals surface area contributed by atoms with Crippen LogP contribution in [0.4, 0.5) is 11.9 Å². The first-order valence-corrected chi connectivity index (χ1v) is 3.65. The van der Waals surface area contributed by atoms with E-state index in [2.05, 4.69) is 19.9 Å². The summed E-state index contributed by atoms with van der Waals surface area (Å²) in [5.41, 5.74) is 0. The van der Waals surface area contributed by atoms with Gasteiger partial charge in [0.05, 0.1) is 0 Å². The van der Waals surface area contributed by atoms with E-state index < -0.39 is 0 Å². The van der Waals surface area contributed by atoms with Crippen LogP contribution < -0.4 is 4.90 Å². The molecule has 0 aliphatic carbocycles. The number of carbonyl (C=O) groups is 1. The first kappa shape index (κ1) is 7.53. The number of H-pyrrole nitrogens is 2. The van der Waals surface area contributed by atoms with Gasteiger partial charge in [0.1, 0.15) is 0 Å². The monoisotopic (exact) mass is 177 g/mol. The third kappa shape index (κ3) is 1.28. The number of anilines is 2. The van der Waals surface area contributed by atoms with Crippen molar-refractivity contribution in [3.63, 3.8) is 0 Å². The normalized spacial score (nSPS) is 9.85. The number of amides is 1. The molecule has 13 heavy (non-hydrogen) atoms. The Labute approximate surface area is 73.6 Å². The Balaban J connectivity index is 2.35. The summed E-state index contributed by atoms with van der Waals surface area (Å²) in [5.74, 6) is 0.870. The second-order valence-corrected chi connectivity index (χ2v) is 2.30. The van der Waals surface area contributed by atoms with E-state index in [1.807, 2.05) is 0 Å². The Morgan fingerprint density at radius 3 is 2.00 bits per heavy atom. The highest BCUT2D eigenvalue weighted by atomic mass is 16.1. The van der Waals surface area contributed by atoms with Gasteiger partial charge in [-0.05, 0) is 0 Å². The fourth-order valence-corrected chi connectivity index (χ4v) is 0.978. The minimum absolute atomic E-state index is 0.435. The summed E-state index contributed by atoms with van der Waals surface area (Å²) >= 11 is 0. The summed E-state index contributed by atoms with van der Waals surface area (Å²) < 4.78 is 0. The van der Waals surface area contributed by atoms with Crippen molar-refractivity contribution in [3.05, 3.63) is 24.8 Å². The molecule has 0 atom stereocenters. The van der Waals surface area contributed by atoms with Gasteiger partial charge in [0.25, 0.3) is 0 Å². The van der Waals surface area contributed by atoms with Gasteiger partial charge in [-0.1, -0.05) is 0 Å². The molecule has 0 unspecified atom stereocenters. The van der Waals surface area contributed by atoms with Crippen LogP contribution in [0.25, 0.3) is 0 Å². The van der Waals surface area contributed by atoms with Gasteiger partial charge < -0.3 is 9.97 Å². The van der Waals surface area contributed by atoms with Gasteiger partial charge in [-0.2, -0.15) is 0 Å². The summed E-state index contributed by atoms with van der Waals surface area (Å²) in [6.45, 7) is 0. The van der Waals surface area contributed by atoms with Crippen LogP contribution in [0.5, 0.6) is 0 Å². The van der Waals surface area contributed by atoms with Crippen LogP contribution in [0.1, 0.15) is 0 Å². The van der Waals surface area contributed by atoms with E-state index in [-0.39, 0.29) is 0 Å². The van der Waals surface area contributed by atoms with Crippen molar-refractivity contribution in [3.8, 4) is 0 Å². The third-order valence-electron chi connectivity index (χ3n) is 1.53. The van der Waals surface area contributed by atoms with Gasteiger partial charge >= 0.3 is 0 Å². The van der Waals surface area contributed by atoms with Crippen molar-refractivity contribution < 1.29 is 4.79 Å². The SMILES string of the molecule is O=CN(c1ncc[nH]1)c1ncc[nH]1. The number of aromatic nitrogens is 4. The van der Waals surface area contributed by atoms with Gasteiger partial charge in [-0.3, -0.25) is 4.79 Å². The summed E-state index contributed by atoms with van der Waals surface area (Å²) in [5, 5.41) is 0. The fraction of sp³-hybridized carbons (Fsp3) is 0. The zero-order valence-electron chi connectivity index (χ0n) is 6.64. The highest BCUT2D eigenvalue weighted by molar-refractivity contribution is 5.79. The summed E-state index contributed by atoms with van der Waals surface area (Å²) in [4.78, 5) is 25.4. The minimum Gasteiger partial charge on any atom is -0.330 e. The zero-order valence-corrected chi connectivity index (χ0v) is 6.64. The first-order valence-electron chi connectivity index (χ1n) is 3.65. The fourth-order valence-electron chi connectivity index (χ4n) is 0.978. The minimum atomic E-state index is 0.435. The Hall–Kier alpha value is -2.11. The van der Waals surface area contributed by atoms with Crippen molar-refractivity contribution in [2.24, 2.45) is 0 Å². The molecule has 0 saturated heterocycles. The van der Waals surface area contributed by atoms with Crippen LogP contribution in [-0.2, 0) is 4.79 Å². The van der Waals surface area contributed by atoms with E-state index in [0.717, 1.165) is 0 Å². The molecule has 6 heteroatoms. The standard InChI is InChI=1S/C7H7N5O/c13-5-12(6-8-1-2-9-6)7-10-3-4-11-7/h1-5H,(H,8,9)(H,10,11). The summed E-state index contributed by atoms with van der Waals surface area (Å²) in [6, 6.07) is 0. The average molecular weight is 177 g/mol. The van der Waals surface area contributed by atoms with Gasteiger partial charge in [-0.15, -0.1) is 0 Å². The van der Waals surface area contributed by atoms with Gasteiger partial charge in [0.2, 0.25) is 18.3 Å². The van der Waals surface area contributed by atoms with Crippen molar-refractivity contribution in [1.29, 1.82) is 0 Å². The smallest absolute Gasteiger partial charge is 0.223 e. The van der Waals surface area contributed by atoms with Gasteiger partial charge in [-0.25, -0.2) is 14.9 Å². The third-order valence-corrected chi connectivity index (χ3v) is 1.53. The Bertz CT molecular complexity index is 331. The molecule has 0 radical (unpaired) electrons. The average Bonchev–Trinajstić information content (AvgIpc) is 2.76. The molecule has 2 rings (SSSR count). The first-order chi connectivity index (χ1) is 6.42. The summed E-state index contributed by atoms with van der Waals surface area (Å²) in [6.07, 6.45) is 7.03. The van der Waals surface area contributed by atoms with Crippen LogP contribution in [0.2, 0.25) is 0 Å². The molecule has 0 aliphatic heterocycles. The largest absolute Gasteiger partial charge is 0.330 e. The maximum absolute atomic E-state index is 10.7. The van der Waals surface area contributed by atoms with Crippen LogP contribution in [0.15, 0.2) is 24.8 Å². The molecule has 2 aromatic rings. The topological polar surface area (TPSA) is 77.7 Å². The maximum Gasteiger partial charge on any atom is 0.223 e. The second-order valence-electron chi connectivity index (χ2n) is 2.30. The van der Waals surface area contributed by atoms with Crippen LogP contribution >= 0.6 is 0 Å².